The molecular weight excluding hydrogens is 274 g/mol. The van der Waals surface area contributed by atoms with Crippen LogP contribution in [-0.2, 0) is 0 Å². The number of hydrogen-bond donors (Lipinski definition) is 0. The zero-order valence-electron chi connectivity index (χ0n) is 11.8. The highest BCUT2D eigenvalue weighted by atomic mass is 35.5. The molecule has 0 saturated carbocycles. The highest BCUT2D eigenvalue weighted by molar-refractivity contribution is 6.21. The zero-order chi connectivity index (χ0) is 13.8. The highest BCUT2D eigenvalue weighted by Gasteiger charge is 2.18. The van der Waals surface area contributed by atoms with Gasteiger partial charge >= 0.3 is 0 Å². The molecule has 1 saturated heterocycles. The molecule has 3 rings (SSSR count). The lowest BCUT2D eigenvalue weighted by molar-refractivity contribution is 0.229. The van der Waals surface area contributed by atoms with Gasteiger partial charge in [0.15, 0.2) is 11.5 Å². The molecule has 1 aromatic carbocycles. The molecule has 1 unspecified atom stereocenters. The van der Waals surface area contributed by atoms with E-state index < -0.39 is 0 Å². The van der Waals surface area contributed by atoms with E-state index in [1.165, 1.54) is 32.4 Å². The maximum Gasteiger partial charge on any atom is 0.161 e. The number of nitrogens with zero attached hydrogens (tertiary/aromatic N) is 1. The number of hydrogen-bond acceptors (Lipinski definition) is 3. The van der Waals surface area contributed by atoms with E-state index in [9.17, 15) is 0 Å². The van der Waals surface area contributed by atoms with Gasteiger partial charge in [0, 0.05) is 13.0 Å². The molecule has 0 aliphatic carbocycles. The molecule has 0 spiro atoms. The van der Waals surface area contributed by atoms with Crippen LogP contribution in [0.4, 0.5) is 0 Å². The summed E-state index contributed by atoms with van der Waals surface area (Å²) in [6.45, 7) is 4.71. The Balaban J connectivity index is 1.67. The largest absolute Gasteiger partial charge is 0.490 e. The van der Waals surface area contributed by atoms with Crippen LogP contribution in [0, 0.1) is 0 Å². The Morgan fingerprint density at radius 3 is 2.55 bits per heavy atom. The van der Waals surface area contributed by atoms with Gasteiger partial charge in [0.2, 0.25) is 0 Å². The van der Waals surface area contributed by atoms with Crippen LogP contribution in [0.1, 0.15) is 36.6 Å². The van der Waals surface area contributed by atoms with Gasteiger partial charge in [-0.3, -0.25) is 0 Å². The zero-order valence-corrected chi connectivity index (χ0v) is 12.6. The number of halogens is 1. The number of fused-ring (bicyclic) bond motifs is 1. The fourth-order valence-electron chi connectivity index (χ4n) is 2.85. The van der Waals surface area contributed by atoms with E-state index in [4.69, 9.17) is 21.1 Å². The summed E-state index contributed by atoms with van der Waals surface area (Å²) >= 11 is 6.58. The Morgan fingerprint density at radius 1 is 1.00 bits per heavy atom. The first-order valence-electron chi connectivity index (χ1n) is 7.59. The van der Waals surface area contributed by atoms with Crippen molar-refractivity contribution >= 4 is 11.6 Å². The normalized spacial score (nSPS) is 21.2. The van der Waals surface area contributed by atoms with E-state index in [1.54, 1.807) is 0 Å². The number of piperidine rings is 1. The SMILES string of the molecule is ClC(CN1CCCCC1)c1ccc2c(c1)OCCCO2. The molecule has 4 heteroatoms. The molecule has 0 radical (unpaired) electrons. The fourth-order valence-corrected chi connectivity index (χ4v) is 3.18. The molecular formula is C16H22ClNO2. The Kier molecular flexibility index (Phi) is 4.69. The molecule has 1 fully saturated rings. The smallest absolute Gasteiger partial charge is 0.161 e. The van der Waals surface area contributed by atoms with Crippen LogP contribution in [0.25, 0.3) is 0 Å². The summed E-state index contributed by atoms with van der Waals surface area (Å²) in [6.07, 6.45) is 4.88. The Labute approximate surface area is 125 Å². The minimum absolute atomic E-state index is 0.0188. The summed E-state index contributed by atoms with van der Waals surface area (Å²) in [5, 5.41) is 0.0188. The van der Waals surface area contributed by atoms with Crippen LogP contribution in [0.15, 0.2) is 18.2 Å². The summed E-state index contributed by atoms with van der Waals surface area (Å²) in [6, 6.07) is 6.10. The van der Waals surface area contributed by atoms with Crippen molar-refractivity contribution in [1.82, 2.24) is 4.90 Å². The summed E-state index contributed by atoms with van der Waals surface area (Å²) in [5.74, 6) is 1.68. The molecule has 0 bridgehead atoms. The topological polar surface area (TPSA) is 21.7 Å². The first-order chi connectivity index (χ1) is 9.83. The monoisotopic (exact) mass is 295 g/mol. The second-order valence-corrected chi connectivity index (χ2v) is 6.11. The van der Waals surface area contributed by atoms with Gasteiger partial charge in [0.1, 0.15) is 0 Å². The quantitative estimate of drug-likeness (QED) is 0.795. The predicted octanol–water partition coefficient (Wildman–Crippen LogP) is 3.61. The summed E-state index contributed by atoms with van der Waals surface area (Å²) in [5.41, 5.74) is 1.13. The highest BCUT2D eigenvalue weighted by Crippen LogP contribution is 2.34. The Morgan fingerprint density at radius 2 is 1.75 bits per heavy atom. The first-order valence-corrected chi connectivity index (χ1v) is 8.02. The number of alkyl halides is 1. The second-order valence-electron chi connectivity index (χ2n) is 5.59. The van der Waals surface area contributed by atoms with Crippen LogP contribution in [0.2, 0.25) is 0 Å². The van der Waals surface area contributed by atoms with Crippen molar-refractivity contribution in [2.24, 2.45) is 0 Å². The third kappa shape index (κ3) is 3.39. The lowest BCUT2D eigenvalue weighted by Crippen LogP contribution is -2.32. The van der Waals surface area contributed by atoms with E-state index in [0.717, 1.165) is 43.2 Å². The van der Waals surface area contributed by atoms with Gasteiger partial charge in [-0.1, -0.05) is 12.5 Å². The Bertz CT molecular complexity index is 446. The fraction of sp³-hybridized carbons (Fsp3) is 0.625. The van der Waals surface area contributed by atoms with Gasteiger partial charge < -0.3 is 14.4 Å². The summed E-state index contributed by atoms with van der Waals surface area (Å²) in [4.78, 5) is 2.46. The van der Waals surface area contributed by atoms with Crippen molar-refractivity contribution in [3.05, 3.63) is 23.8 Å². The minimum Gasteiger partial charge on any atom is -0.490 e. The van der Waals surface area contributed by atoms with E-state index >= 15 is 0 Å². The maximum absolute atomic E-state index is 6.58. The predicted molar refractivity (Wildman–Crippen MR) is 80.9 cm³/mol. The van der Waals surface area contributed by atoms with Crippen molar-refractivity contribution in [1.29, 1.82) is 0 Å². The van der Waals surface area contributed by atoms with Crippen LogP contribution in [0.3, 0.4) is 0 Å². The average molecular weight is 296 g/mol. The van der Waals surface area contributed by atoms with Crippen molar-refractivity contribution in [2.45, 2.75) is 31.1 Å². The molecule has 2 aliphatic heterocycles. The van der Waals surface area contributed by atoms with Crippen LogP contribution >= 0.6 is 11.6 Å². The molecule has 20 heavy (non-hydrogen) atoms. The molecule has 0 aromatic heterocycles. The minimum atomic E-state index is 0.0188. The molecule has 2 heterocycles. The van der Waals surface area contributed by atoms with Crippen molar-refractivity contribution in [3.63, 3.8) is 0 Å². The average Bonchev–Trinajstić information content (AvgIpc) is 2.72. The van der Waals surface area contributed by atoms with Crippen molar-refractivity contribution < 1.29 is 9.47 Å². The van der Waals surface area contributed by atoms with E-state index in [2.05, 4.69) is 11.0 Å². The lowest BCUT2D eigenvalue weighted by Gasteiger charge is -2.28. The lowest BCUT2D eigenvalue weighted by atomic mass is 10.1. The summed E-state index contributed by atoms with van der Waals surface area (Å²) in [7, 11) is 0. The van der Waals surface area contributed by atoms with Gasteiger partial charge in [-0.15, -0.1) is 11.6 Å². The second kappa shape index (κ2) is 6.68. The van der Waals surface area contributed by atoms with E-state index in [-0.39, 0.29) is 5.38 Å². The van der Waals surface area contributed by atoms with Gasteiger partial charge in [-0.05, 0) is 43.6 Å². The van der Waals surface area contributed by atoms with E-state index in [0.29, 0.717) is 0 Å². The van der Waals surface area contributed by atoms with Gasteiger partial charge in [-0.25, -0.2) is 0 Å². The van der Waals surface area contributed by atoms with Crippen LogP contribution in [0.5, 0.6) is 11.5 Å². The standard InChI is InChI=1S/C16H22ClNO2/c17-14(12-18-7-2-1-3-8-18)13-5-6-15-16(11-13)20-10-4-9-19-15/h5-6,11,14H,1-4,7-10,12H2. The molecule has 1 aromatic rings. The van der Waals surface area contributed by atoms with Crippen LogP contribution in [-0.4, -0.2) is 37.7 Å². The Hall–Kier alpha value is -0.930. The number of benzene rings is 1. The third-order valence-electron chi connectivity index (χ3n) is 4.00. The number of rotatable bonds is 3. The van der Waals surface area contributed by atoms with Crippen LogP contribution < -0.4 is 9.47 Å². The molecule has 0 amide bonds. The first kappa shape index (κ1) is 14.0. The summed E-state index contributed by atoms with van der Waals surface area (Å²) < 4.78 is 11.4. The van der Waals surface area contributed by atoms with Gasteiger partial charge in [0.25, 0.3) is 0 Å². The molecule has 3 nitrogen and oxygen atoms in total. The maximum atomic E-state index is 6.58. The van der Waals surface area contributed by atoms with E-state index in [1.807, 2.05) is 12.1 Å². The molecule has 2 aliphatic rings. The molecule has 1 atom stereocenters. The number of likely N-dealkylation sites (tertiary alicyclic amines) is 1. The number of ether oxygens (including phenoxy) is 2. The van der Waals surface area contributed by atoms with Crippen molar-refractivity contribution in [2.75, 3.05) is 32.8 Å². The molecule has 110 valence electrons. The third-order valence-corrected chi connectivity index (χ3v) is 4.39. The molecule has 0 N–H and O–H groups in total. The van der Waals surface area contributed by atoms with Gasteiger partial charge in [0.05, 0.1) is 18.6 Å². The van der Waals surface area contributed by atoms with Gasteiger partial charge in [-0.2, -0.15) is 0 Å². The van der Waals surface area contributed by atoms with Crippen molar-refractivity contribution in [3.8, 4) is 11.5 Å².